The predicted octanol–water partition coefficient (Wildman–Crippen LogP) is -2.51. The molecule has 0 aromatic carbocycles. The Morgan fingerprint density at radius 2 is 1.58 bits per heavy atom. The Labute approximate surface area is 109 Å². The number of carbonyl (C=O) groups is 2. The highest BCUT2D eigenvalue weighted by Crippen LogP contribution is 2.14. The molecule has 0 heterocycles. The van der Waals surface area contributed by atoms with Crippen LogP contribution in [0, 0.1) is 5.92 Å². The number of hydrogen-bond acceptors (Lipinski definition) is 7. The van der Waals surface area contributed by atoms with Crippen molar-refractivity contribution >= 4 is 11.8 Å². The van der Waals surface area contributed by atoms with Crippen molar-refractivity contribution in [2.24, 2.45) is 5.92 Å². The molecule has 0 rings (SSSR count). The van der Waals surface area contributed by atoms with Crippen LogP contribution in [0.2, 0.25) is 0 Å². The molecule has 8 nitrogen and oxygen atoms in total. The second-order valence-corrected chi connectivity index (χ2v) is 4.29. The van der Waals surface area contributed by atoms with Crippen LogP contribution in [0.15, 0.2) is 0 Å². The SMILES string of the molecule is CCC(CC(=O)[C@@H](O)[C@H](O)[C@@H](O)[C@@H](O)CO)C(=O)O. The lowest BCUT2D eigenvalue weighted by atomic mass is 9.93. The number of aliphatic hydroxyl groups is 5. The van der Waals surface area contributed by atoms with E-state index in [0.29, 0.717) is 0 Å². The molecule has 0 saturated heterocycles. The second-order valence-electron chi connectivity index (χ2n) is 4.29. The van der Waals surface area contributed by atoms with E-state index >= 15 is 0 Å². The Balaban J connectivity index is 4.59. The Morgan fingerprint density at radius 3 is 1.95 bits per heavy atom. The van der Waals surface area contributed by atoms with Gasteiger partial charge in [0.05, 0.1) is 12.5 Å². The minimum Gasteiger partial charge on any atom is -0.481 e. The molecule has 0 fully saturated rings. The molecule has 112 valence electrons. The maximum Gasteiger partial charge on any atom is 0.306 e. The van der Waals surface area contributed by atoms with Crippen LogP contribution in [-0.2, 0) is 9.59 Å². The lowest BCUT2D eigenvalue weighted by molar-refractivity contribution is -0.152. The third-order valence-electron chi connectivity index (χ3n) is 2.87. The molecule has 0 aliphatic heterocycles. The molecular weight excluding hydrogens is 260 g/mol. The van der Waals surface area contributed by atoms with Gasteiger partial charge in [0.2, 0.25) is 0 Å². The summed E-state index contributed by atoms with van der Waals surface area (Å²) >= 11 is 0. The Morgan fingerprint density at radius 1 is 1.05 bits per heavy atom. The van der Waals surface area contributed by atoms with Crippen LogP contribution in [0.1, 0.15) is 19.8 Å². The summed E-state index contributed by atoms with van der Waals surface area (Å²) in [4.78, 5) is 22.3. The Kier molecular flexibility index (Phi) is 7.72. The monoisotopic (exact) mass is 280 g/mol. The molecule has 19 heavy (non-hydrogen) atoms. The fourth-order valence-corrected chi connectivity index (χ4v) is 1.48. The highest BCUT2D eigenvalue weighted by atomic mass is 16.4. The van der Waals surface area contributed by atoms with Crippen LogP contribution >= 0.6 is 0 Å². The predicted molar refractivity (Wildman–Crippen MR) is 62.2 cm³/mol. The van der Waals surface area contributed by atoms with Crippen molar-refractivity contribution in [3.05, 3.63) is 0 Å². The maximum atomic E-state index is 11.5. The van der Waals surface area contributed by atoms with Gasteiger partial charge in [0.25, 0.3) is 0 Å². The van der Waals surface area contributed by atoms with E-state index in [4.69, 9.17) is 15.3 Å². The molecular formula is C11H20O8. The van der Waals surface area contributed by atoms with Crippen molar-refractivity contribution in [1.29, 1.82) is 0 Å². The zero-order chi connectivity index (χ0) is 15.2. The number of Topliss-reactive ketones (excluding diaryl/α,β-unsaturated/α-hetero) is 1. The van der Waals surface area contributed by atoms with Crippen LogP contribution in [0.25, 0.3) is 0 Å². The Bertz CT molecular complexity index is 305. The second kappa shape index (κ2) is 8.18. The van der Waals surface area contributed by atoms with Gasteiger partial charge in [0, 0.05) is 6.42 Å². The number of aliphatic carboxylic acids is 1. The molecule has 1 unspecified atom stereocenters. The van der Waals surface area contributed by atoms with E-state index in [9.17, 15) is 24.9 Å². The summed E-state index contributed by atoms with van der Waals surface area (Å²) in [6.45, 7) is 0.699. The van der Waals surface area contributed by atoms with Crippen LogP contribution in [0.5, 0.6) is 0 Å². The third kappa shape index (κ3) is 5.21. The summed E-state index contributed by atoms with van der Waals surface area (Å²) in [5.41, 5.74) is 0. The van der Waals surface area contributed by atoms with E-state index in [1.54, 1.807) is 6.92 Å². The van der Waals surface area contributed by atoms with Crippen LogP contribution in [0.3, 0.4) is 0 Å². The minimum atomic E-state index is -2.02. The van der Waals surface area contributed by atoms with Crippen LogP contribution in [-0.4, -0.2) is 73.4 Å². The quantitative estimate of drug-likeness (QED) is 0.270. The molecule has 0 amide bonds. The van der Waals surface area contributed by atoms with E-state index in [1.807, 2.05) is 0 Å². The van der Waals surface area contributed by atoms with Gasteiger partial charge in [-0.2, -0.15) is 0 Å². The average Bonchev–Trinajstić information content (AvgIpc) is 2.40. The fraction of sp³-hybridized carbons (Fsp3) is 0.818. The first-order valence-electron chi connectivity index (χ1n) is 5.84. The van der Waals surface area contributed by atoms with Crippen molar-refractivity contribution in [2.75, 3.05) is 6.61 Å². The zero-order valence-corrected chi connectivity index (χ0v) is 10.5. The normalized spacial score (nSPS) is 19.3. The van der Waals surface area contributed by atoms with E-state index in [2.05, 4.69) is 0 Å². The molecule has 0 aliphatic rings. The van der Waals surface area contributed by atoms with Gasteiger partial charge in [-0.15, -0.1) is 0 Å². The van der Waals surface area contributed by atoms with Gasteiger partial charge in [0.1, 0.15) is 24.4 Å². The summed E-state index contributed by atoms with van der Waals surface area (Å²) in [5, 5.41) is 54.6. The number of carboxylic acids is 1. The van der Waals surface area contributed by atoms with E-state index < -0.39 is 55.1 Å². The first kappa shape index (κ1) is 17.9. The number of carboxylic acid groups (broad SMARTS) is 1. The third-order valence-corrected chi connectivity index (χ3v) is 2.87. The molecule has 5 atom stereocenters. The largest absolute Gasteiger partial charge is 0.481 e. The Hall–Kier alpha value is -1.06. The molecule has 0 radical (unpaired) electrons. The highest BCUT2D eigenvalue weighted by molar-refractivity contribution is 5.87. The summed E-state index contributed by atoms with van der Waals surface area (Å²) in [6, 6.07) is 0. The van der Waals surface area contributed by atoms with Crippen LogP contribution in [0.4, 0.5) is 0 Å². The van der Waals surface area contributed by atoms with Gasteiger partial charge in [-0.1, -0.05) is 6.92 Å². The summed E-state index contributed by atoms with van der Waals surface area (Å²) in [6.07, 6.45) is -7.96. The molecule has 0 saturated carbocycles. The molecule has 0 spiro atoms. The average molecular weight is 280 g/mol. The molecule has 0 aromatic rings. The molecule has 6 N–H and O–H groups in total. The molecule has 0 aromatic heterocycles. The van der Waals surface area contributed by atoms with Gasteiger partial charge in [-0.05, 0) is 6.42 Å². The molecule has 8 heteroatoms. The van der Waals surface area contributed by atoms with E-state index in [0.717, 1.165) is 0 Å². The molecule has 0 aliphatic carbocycles. The lowest BCUT2D eigenvalue weighted by Crippen LogP contribution is -2.49. The topological polar surface area (TPSA) is 156 Å². The summed E-state index contributed by atoms with van der Waals surface area (Å²) in [7, 11) is 0. The number of hydrogen-bond donors (Lipinski definition) is 6. The van der Waals surface area contributed by atoms with Gasteiger partial charge in [-0.3, -0.25) is 9.59 Å². The number of ketones is 1. The first-order chi connectivity index (χ1) is 8.76. The highest BCUT2D eigenvalue weighted by Gasteiger charge is 2.35. The van der Waals surface area contributed by atoms with Gasteiger partial charge >= 0.3 is 5.97 Å². The smallest absolute Gasteiger partial charge is 0.306 e. The molecule has 0 bridgehead atoms. The zero-order valence-electron chi connectivity index (χ0n) is 10.5. The maximum absolute atomic E-state index is 11.5. The fourth-order valence-electron chi connectivity index (χ4n) is 1.48. The first-order valence-corrected chi connectivity index (χ1v) is 5.84. The van der Waals surface area contributed by atoms with Gasteiger partial charge in [0.15, 0.2) is 5.78 Å². The van der Waals surface area contributed by atoms with Crippen molar-refractivity contribution in [3.63, 3.8) is 0 Å². The lowest BCUT2D eigenvalue weighted by Gasteiger charge is -2.25. The minimum absolute atomic E-state index is 0.172. The summed E-state index contributed by atoms with van der Waals surface area (Å²) < 4.78 is 0. The van der Waals surface area contributed by atoms with Gasteiger partial charge < -0.3 is 30.6 Å². The van der Waals surface area contributed by atoms with Crippen molar-refractivity contribution < 1.29 is 40.2 Å². The van der Waals surface area contributed by atoms with Crippen molar-refractivity contribution in [3.8, 4) is 0 Å². The van der Waals surface area contributed by atoms with Crippen molar-refractivity contribution in [2.45, 2.75) is 44.2 Å². The van der Waals surface area contributed by atoms with Gasteiger partial charge in [-0.25, -0.2) is 0 Å². The number of carbonyl (C=O) groups excluding carboxylic acids is 1. The van der Waals surface area contributed by atoms with Crippen molar-refractivity contribution in [1.82, 2.24) is 0 Å². The number of aliphatic hydroxyl groups excluding tert-OH is 5. The summed E-state index contributed by atoms with van der Waals surface area (Å²) in [5.74, 6) is -3.14. The number of rotatable bonds is 9. The van der Waals surface area contributed by atoms with E-state index in [1.165, 1.54) is 0 Å². The van der Waals surface area contributed by atoms with E-state index in [-0.39, 0.29) is 6.42 Å². The standard InChI is InChI=1S/C11H20O8/c1-2-5(11(18)19)3-6(13)8(15)10(17)9(16)7(14)4-12/h5,7-10,12,14-17H,2-4H2,1H3,(H,18,19)/t5?,7-,8+,9-,10-/m0/s1. The van der Waals surface area contributed by atoms with Crippen LogP contribution < -0.4 is 0 Å².